The monoisotopic (exact) mass is 409 g/mol. The topological polar surface area (TPSA) is 59.3 Å². The van der Waals surface area contributed by atoms with Crippen LogP contribution in [0.5, 0.6) is 0 Å². The van der Waals surface area contributed by atoms with Gasteiger partial charge in [0.2, 0.25) is 0 Å². The summed E-state index contributed by atoms with van der Waals surface area (Å²) in [4.78, 5) is 0.0196. The van der Waals surface area contributed by atoms with E-state index in [2.05, 4.69) is 11.6 Å². The van der Waals surface area contributed by atoms with Gasteiger partial charge in [0.15, 0.2) is 0 Å². The van der Waals surface area contributed by atoms with Crippen molar-refractivity contribution < 1.29 is 17.2 Å². The largest absolute Gasteiger partial charge is 0.460 e. The molecule has 4 nitrogen and oxygen atoms in total. The molecule has 0 unspecified atom stereocenters. The van der Waals surface area contributed by atoms with Crippen LogP contribution >= 0.6 is 0 Å². The van der Waals surface area contributed by atoms with E-state index in [1.807, 2.05) is 30.3 Å². The highest BCUT2D eigenvalue weighted by Crippen LogP contribution is 2.40. The number of hydrogen-bond donors (Lipinski definition) is 1. The molecule has 1 N–H and O–H groups in total. The van der Waals surface area contributed by atoms with E-state index in [4.69, 9.17) is 4.42 Å². The van der Waals surface area contributed by atoms with Crippen molar-refractivity contribution in [1.29, 1.82) is 0 Å². The lowest BCUT2D eigenvalue weighted by atomic mass is 9.88. The van der Waals surface area contributed by atoms with Gasteiger partial charge in [0.05, 0.1) is 10.6 Å². The molecule has 1 aliphatic rings. The Morgan fingerprint density at radius 3 is 2.52 bits per heavy atom. The summed E-state index contributed by atoms with van der Waals surface area (Å²) in [7, 11) is -3.85. The van der Waals surface area contributed by atoms with Gasteiger partial charge in [-0.1, -0.05) is 31.2 Å². The highest BCUT2D eigenvalue weighted by molar-refractivity contribution is 7.92. The Balaban J connectivity index is 1.69. The minimum absolute atomic E-state index is 0.0196. The van der Waals surface area contributed by atoms with Gasteiger partial charge in [0.25, 0.3) is 10.0 Å². The van der Waals surface area contributed by atoms with E-state index < -0.39 is 15.8 Å². The third-order valence-corrected chi connectivity index (χ3v) is 7.05. The van der Waals surface area contributed by atoms with E-state index in [9.17, 15) is 12.8 Å². The third-order valence-electron chi connectivity index (χ3n) is 5.67. The van der Waals surface area contributed by atoms with Gasteiger partial charge in [-0.05, 0) is 49.1 Å². The van der Waals surface area contributed by atoms with Crippen LogP contribution in [0.25, 0.3) is 21.7 Å². The molecule has 3 aromatic carbocycles. The van der Waals surface area contributed by atoms with Gasteiger partial charge >= 0.3 is 0 Å². The zero-order valence-electron chi connectivity index (χ0n) is 15.9. The first-order valence-corrected chi connectivity index (χ1v) is 11.1. The number of furan rings is 1. The second-order valence-corrected chi connectivity index (χ2v) is 9.44. The van der Waals surface area contributed by atoms with E-state index >= 15 is 0 Å². The molecule has 1 atom stereocenters. The molecular weight excluding hydrogens is 389 g/mol. The van der Waals surface area contributed by atoms with Crippen LogP contribution in [-0.2, 0) is 22.9 Å². The minimum Gasteiger partial charge on any atom is -0.460 e. The number of hydrogen-bond acceptors (Lipinski definition) is 3. The van der Waals surface area contributed by atoms with Crippen molar-refractivity contribution in [2.24, 2.45) is 5.92 Å². The highest BCUT2D eigenvalue weighted by atomic mass is 32.2. The summed E-state index contributed by atoms with van der Waals surface area (Å²) in [5.74, 6) is 1.10. The minimum atomic E-state index is -3.85. The number of rotatable bonds is 3. The lowest BCUT2D eigenvalue weighted by Crippen LogP contribution is -2.13. The van der Waals surface area contributed by atoms with Crippen LogP contribution < -0.4 is 4.72 Å². The normalized spacial score (nSPS) is 16.8. The fourth-order valence-corrected chi connectivity index (χ4v) is 5.24. The van der Waals surface area contributed by atoms with E-state index in [-0.39, 0.29) is 4.90 Å². The lowest BCUT2D eigenvalue weighted by molar-refractivity contribution is 0.427. The molecule has 29 heavy (non-hydrogen) atoms. The van der Waals surface area contributed by atoms with Gasteiger partial charge in [-0.2, -0.15) is 0 Å². The van der Waals surface area contributed by atoms with Crippen LogP contribution in [0.15, 0.2) is 63.9 Å². The number of aryl methyl sites for hydroxylation is 1. The van der Waals surface area contributed by atoms with E-state index in [1.165, 1.54) is 17.7 Å². The molecule has 0 spiro atoms. The number of sulfonamides is 1. The zero-order valence-corrected chi connectivity index (χ0v) is 16.7. The Morgan fingerprint density at radius 1 is 1.03 bits per heavy atom. The van der Waals surface area contributed by atoms with Gasteiger partial charge in [-0.15, -0.1) is 0 Å². The molecule has 5 rings (SSSR count). The average Bonchev–Trinajstić information content (AvgIpc) is 3.06. The number of nitrogens with one attached hydrogen (secondary N) is 1. The summed E-state index contributed by atoms with van der Waals surface area (Å²) in [5.41, 5.74) is 2.48. The predicted octanol–water partition coefficient (Wildman–Crippen LogP) is 5.65. The smallest absolute Gasteiger partial charge is 0.261 e. The van der Waals surface area contributed by atoms with Gasteiger partial charge in [-0.25, -0.2) is 12.8 Å². The molecule has 0 saturated carbocycles. The first kappa shape index (κ1) is 18.2. The molecule has 1 aliphatic carbocycles. The molecule has 4 aromatic rings. The summed E-state index contributed by atoms with van der Waals surface area (Å²) in [5, 5.41) is 2.61. The van der Waals surface area contributed by atoms with Crippen LogP contribution in [0.2, 0.25) is 0 Å². The van der Waals surface area contributed by atoms with Crippen molar-refractivity contribution in [3.63, 3.8) is 0 Å². The van der Waals surface area contributed by atoms with E-state index in [1.54, 1.807) is 0 Å². The molecule has 0 saturated heterocycles. The van der Waals surface area contributed by atoms with Crippen LogP contribution in [0.3, 0.4) is 0 Å². The zero-order chi connectivity index (χ0) is 20.2. The summed E-state index contributed by atoms with van der Waals surface area (Å²) >= 11 is 0. The molecule has 0 radical (unpaired) electrons. The van der Waals surface area contributed by atoms with Crippen LogP contribution in [0, 0.1) is 11.7 Å². The number of halogens is 1. The Morgan fingerprint density at radius 2 is 1.76 bits per heavy atom. The fraction of sp³-hybridized carbons (Fsp3) is 0.217. The standard InChI is InChI=1S/C23H20FNO3S/c1-14-6-11-18-20-13-21(25-29(26,27)16-9-7-15(24)8-10-16)17-4-2-3-5-19(17)23(20)28-22(18)12-14/h2-5,7-10,13-14,25H,6,11-12H2,1H3/t14-/m0/s1. The number of fused-ring (bicyclic) bond motifs is 5. The van der Waals surface area contributed by atoms with E-state index in [0.717, 1.165) is 58.9 Å². The Hall–Kier alpha value is -2.86. The van der Waals surface area contributed by atoms with Gasteiger partial charge in [0, 0.05) is 28.1 Å². The molecule has 1 aromatic heterocycles. The predicted molar refractivity (Wildman–Crippen MR) is 112 cm³/mol. The Bertz CT molecular complexity index is 1340. The molecule has 148 valence electrons. The van der Waals surface area contributed by atoms with Crippen molar-refractivity contribution in [1.82, 2.24) is 0 Å². The van der Waals surface area contributed by atoms with Crippen molar-refractivity contribution >= 4 is 37.5 Å². The maximum absolute atomic E-state index is 13.2. The van der Waals surface area contributed by atoms with Crippen LogP contribution in [0.4, 0.5) is 10.1 Å². The summed E-state index contributed by atoms with van der Waals surface area (Å²) in [6, 6.07) is 14.3. The van der Waals surface area contributed by atoms with E-state index in [0.29, 0.717) is 11.6 Å². The SMILES string of the molecule is C[C@H]1CCc2c(oc3c2cc(NS(=O)(=O)c2ccc(F)cc2)c2ccccc23)C1. The maximum Gasteiger partial charge on any atom is 0.261 e. The molecule has 0 aliphatic heterocycles. The number of benzene rings is 3. The Labute approximate surface area is 168 Å². The van der Waals surface area contributed by atoms with Crippen molar-refractivity contribution in [2.75, 3.05) is 4.72 Å². The third kappa shape index (κ3) is 3.08. The fourth-order valence-electron chi connectivity index (χ4n) is 4.17. The summed E-state index contributed by atoms with van der Waals surface area (Å²) < 4.78 is 48.0. The van der Waals surface area contributed by atoms with Crippen molar-refractivity contribution in [3.8, 4) is 0 Å². The van der Waals surface area contributed by atoms with Gasteiger partial charge < -0.3 is 4.42 Å². The summed E-state index contributed by atoms with van der Waals surface area (Å²) in [6.45, 7) is 2.22. The van der Waals surface area contributed by atoms with Gasteiger partial charge in [0.1, 0.15) is 17.2 Å². The highest BCUT2D eigenvalue weighted by Gasteiger charge is 2.25. The first-order valence-electron chi connectivity index (χ1n) is 9.67. The van der Waals surface area contributed by atoms with Crippen LogP contribution in [-0.4, -0.2) is 8.42 Å². The molecule has 0 bridgehead atoms. The molecule has 1 heterocycles. The molecule has 0 fully saturated rings. The Kier molecular flexibility index (Phi) is 4.13. The lowest BCUT2D eigenvalue weighted by Gasteiger charge is -2.16. The molecule has 6 heteroatoms. The molecular formula is C23H20FNO3S. The van der Waals surface area contributed by atoms with Crippen LogP contribution in [0.1, 0.15) is 24.7 Å². The first-order chi connectivity index (χ1) is 13.9. The number of anilines is 1. The quantitative estimate of drug-likeness (QED) is 0.476. The maximum atomic E-state index is 13.2. The average molecular weight is 409 g/mol. The summed E-state index contributed by atoms with van der Waals surface area (Å²) in [6.07, 6.45) is 2.91. The van der Waals surface area contributed by atoms with Crippen molar-refractivity contribution in [2.45, 2.75) is 31.1 Å². The second-order valence-electron chi connectivity index (χ2n) is 7.76. The molecule has 0 amide bonds. The second kappa shape index (κ2) is 6.59. The van der Waals surface area contributed by atoms with Gasteiger partial charge in [-0.3, -0.25) is 4.72 Å². The van der Waals surface area contributed by atoms with Crippen molar-refractivity contribution in [3.05, 3.63) is 71.7 Å².